The number of hydrogen-bond donors (Lipinski definition) is 3. The third kappa shape index (κ3) is 58.9. The minimum Gasteiger partial charge on any atom is -0.466 e. The van der Waals surface area contributed by atoms with Crippen molar-refractivity contribution in [1.82, 2.24) is 5.32 Å². The van der Waals surface area contributed by atoms with Crippen molar-refractivity contribution in [1.29, 1.82) is 0 Å². The zero-order valence-corrected chi connectivity index (χ0v) is 48.9. The van der Waals surface area contributed by atoms with Crippen molar-refractivity contribution in [2.24, 2.45) is 0 Å². The largest absolute Gasteiger partial charge is 0.466 e. The van der Waals surface area contributed by atoms with E-state index in [0.717, 1.165) is 51.4 Å². The van der Waals surface area contributed by atoms with E-state index in [1.54, 1.807) is 6.08 Å². The van der Waals surface area contributed by atoms with Crippen LogP contribution >= 0.6 is 0 Å². The van der Waals surface area contributed by atoms with E-state index in [4.69, 9.17) is 4.74 Å². The molecule has 0 spiro atoms. The number of hydrogen-bond acceptors (Lipinski definition) is 5. The first kappa shape index (κ1) is 70.8. The molecule has 0 saturated carbocycles. The van der Waals surface area contributed by atoms with E-state index in [1.165, 1.54) is 263 Å². The summed E-state index contributed by atoms with van der Waals surface area (Å²) in [7, 11) is 0. The fourth-order valence-corrected chi connectivity index (χ4v) is 9.84. The molecule has 73 heavy (non-hydrogen) atoms. The summed E-state index contributed by atoms with van der Waals surface area (Å²) in [5.74, 6) is -0.0688. The van der Waals surface area contributed by atoms with Crippen molar-refractivity contribution in [3.8, 4) is 0 Å². The lowest BCUT2D eigenvalue weighted by Crippen LogP contribution is -2.45. The molecule has 0 aromatic rings. The Bertz CT molecular complexity index is 1230. The topological polar surface area (TPSA) is 95.9 Å². The molecule has 0 aliphatic carbocycles. The van der Waals surface area contributed by atoms with Crippen LogP contribution in [0.5, 0.6) is 0 Å². The number of ether oxygens (including phenoxy) is 1. The van der Waals surface area contributed by atoms with Crippen LogP contribution in [0.2, 0.25) is 0 Å². The van der Waals surface area contributed by atoms with Gasteiger partial charge in [0.2, 0.25) is 5.91 Å². The van der Waals surface area contributed by atoms with Crippen LogP contribution in [-0.2, 0) is 14.3 Å². The molecule has 0 bridgehead atoms. The Kier molecular flexibility index (Phi) is 60.5. The van der Waals surface area contributed by atoms with Gasteiger partial charge in [0.1, 0.15) is 0 Å². The second-order valence-electron chi connectivity index (χ2n) is 22.1. The van der Waals surface area contributed by atoms with Crippen molar-refractivity contribution in [3.63, 3.8) is 0 Å². The Hall–Kier alpha value is -2.18. The first-order valence-corrected chi connectivity index (χ1v) is 32.4. The monoisotopic (exact) mass is 1020 g/mol. The van der Waals surface area contributed by atoms with Crippen LogP contribution in [0.4, 0.5) is 0 Å². The molecule has 0 aliphatic rings. The molecule has 428 valence electrons. The zero-order chi connectivity index (χ0) is 52.9. The predicted octanol–water partition coefficient (Wildman–Crippen LogP) is 20.5. The summed E-state index contributed by atoms with van der Waals surface area (Å²) in [6.45, 7) is 4.90. The van der Waals surface area contributed by atoms with Crippen LogP contribution in [0.25, 0.3) is 0 Å². The molecule has 0 saturated heterocycles. The van der Waals surface area contributed by atoms with Gasteiger partial charge in [0.25, 0.3) is 0 Å². The van der Waals surface area contributed by atoms with Gasteiger partial charge in [0.05, 0.1) is 25.4 Å². The van der Waals surface area contributed by atoms with Crippen LogP contribution in [0.1, 0.15) is 341 Å². The highest BCUT2D eigenvalue weighted by Gasteiger charge is 2.18. The summed E-state index contributed by atoms with van der Waals surface area (Å²) >= 11 is 0. The van der Waals surface area contributed by atoms with Crippen LogP contribution in [0, 0.1) is 0 Å². The maximum Gasteiger partial charge on any atom is 0.305 e. The van der Waals surface area contributed by atoms with Crippen molar-refractivity contribution >= 4 is 11.9 Å². The zero-order valence-electron chi connectivity index (χ0n) is 48.9. The highest BCUT2D eigenvalue weighted by molar-refractivity contribution is 5.76. The molecule has 0 fully saturated rings. The number of carbonyl (C=O) groups excluding carboxylic acids is 2. The molecule has 2 unspecified atom stereocenters. The lowest BCUT2D eigenvalue weighted by atomic mass is 10.0. The summed E-state index contributed by atoms with van der Waals surface area (Å²) in [4.78, 5) is 24.5. The molecular formula is C67H125NO5. The molecule has 0 aromatic carbocycles. The predicted molar refractivity (Wildman–Crippen MR) is 319 cm³/mol. The van der Waals surface area contributed by atoms with Gasteiger partial charge < -0.3 is 20.3 Å². The fourth-order valence-electron chi connectivity index (χ4n) is 9.84. The first-order chi connectivity index (χ1) is 36.0. The lowest BCUT2D eigenvalue weighted by Gasteiger charge is -2.20. The number of rotatable bonds is 60. The highest BCUT2D eigenvalue weighted by atomic mass is 16.5. The average Bonchev–Trinajstić information content (AvgIpc) is 3.39. The van der Waals surface area contributed by atoms with Crippen molar-refractivity contribution in [3.05, 3.63) is 48.6 Å². The molecule has 6 heteroatoms. The Morgan fingerprint density at radius 1 is 0.384 bits per heavy atom. The van der Waals surface area contributed by atoms with Crippen LogP contribution in [0.3, 0.4) is 0 Å². The molecule has 0 aromatic heterocycles. The van der Waals surface area contributed by atoms with E-state index >= 15 is 0 Å². The molecule has 1 amide bonds. The quantitative estimate of drug-likeness (QED) is 0.0320. The van der Waals surface area contributed by atoms with E-state index in [2.05, 4.69) is 55.6 Å². The van der Waals surface area contributed by atoms with Crippen LogP contribution in [0.15, 0.2) is 48.6 Å². The molecule has 3 N–H and O–H groups in total. The average molecular weight is 1020 g/mol. The SMILES string of the molecule is CCCCCCCCC/C=C\CCCCCCCCCC(=O)OCCCCCCCCCCC/C=C\C/C=C\CCCCCCCCCCCC(=O)NC(CO)C(O)/C=C/CCCCCCCCCCCCC. The standard InChI is InChI=1S/C67H125NO5/c1-3-5-7-9-11-13-15-17-18-19-30-33-37-41-45-49-53-57-61-67(72)73-62-58-54-50-46-42-38-34-31-28-26-24-22-20-21-23-25-27-29-32-36-40-44-48-52-56-60-66(71)68-64(63-69)65(70)59-55-51-47-43-39-35-16-14-12-10-8-6-4-2/h18-19,21-24,55,59,64-65,69-70H,3-17,20,25-54,56-58,60-63H2,1-2H3,(H,68,71)/b19-18-,23-21-,24-22-,59-55+. The van der Waals surface area contributed by atoms with Gasteiger partial charge in [0.15, 0.2) is 0 Å². The Morgan fingerprint density at radius 2 is 0.685 bits per heavy atom. The molecular weight excluding hydrogens is 899 g/mol. The minimum absolute atomic E-state index is 0.00548. The van der Waals surface area contributed by atoms with Gasteiger partial charge in [-0.2, -0.15) is 0 Å². The van der Waals surface area contributed by atoms with E-state index in [9.17, 15) is 19.8 Å². The molecule has 0 rings (SSSR count). The fraction of sp³-hybridized carbons (Fsp3) is 0.851. The number of aliphatic hydroxyl groups excluding tert-OH is 2. The van der Waals surface area contributed by atoms with E-state index < -0.39 is 12.1 Å². The Balaban J connectivity index is 3.43. The molecule has 2 atom stereocenters. The second kappa shape index (κ2) is 62.4. The Morgan fingerprint density at radius 3 is 1.05 bits per heavy atom. The number of nitrogens with one attached hydrogen (secondary N) is 1. The van der Waals surface area contributed by atoms with Crippen molar-refractivity contribution in [2.75, 3.05) is 13.2 Å². The maximum atomic E-state index is 12.4. The summed E-state index contributed by atoms with van der Waals surface area (Å²) in [5.41, 5.74) is 0. The first-order valence-electron chi connectivity index (χ1n) is 32.4. The van der Waals surface area contributed by atoms with Gasteiger partial charge in [0, 0.05) is 12.8 Å². The van der Waals surface area contributed by atoms with Crippen molar-refractivity contribution in [2.45, 2.75) is 353 Å². The second-order valence-corrected chi connectivity index (χ2v) is 22.1. The van der Waals surface area contributed by atoms with Crippen molar-refractivity contribution < 1.29 is 24.5 Å². The number of allylic oxidation sites excluding steroid dienone is 7. The van der Waals surface area contributed by atoms with Gasteiger partial charge in [-0.1, -0.05) is 287 Å². The smallest absolute Gasteiger partial charge is 0.305 e. The number of esters is 1. The normalized spacial score (nSPS) is 12.9. The summed E-state index contributed by atoms with van der Waals surface area (Å²) in [6.07, 6.45) is 80.2. The van der Waals surface area contributed by atoms with Gasteiger partial charge in [-0.15, -0.1) is 0 Å². The third-order valence-electron chi connectivity index (χ3n) is 14.8. The van der Waals surface area contributed by atoms with E-state index in [0.29, 0.717) is 19.4 Å². The van der Waals surface area contributed by atoms with Gasteiger partial charge in [-0.3, -0.25) is 9.59 Å². The maximum absolute atomic E-state index is 12.4. The number of aliphatic hydroxyl groups is 2. The third-order valence-corrected chi connectivity index (χ3v) is 14.8. The van der Waals surface area contributed by atoms with Gasteiger partial charge in [-0.05, 0) is 89.9 Å². The molecule has 0 heterocycles. The molecule has 0 radical (unpaired) electrons. The van der Waals surface area contributed by atoms with Gasteiger partial charge in [-0.25, -0.2) is 0 Å². The molecule has 6 nitrogen and oxygen atoms in total. The highest BCUT2D eigenvalue weighted by Crippen LogP contribution is 2.17. The van der Waals surface area contributed by atoms with Gasteiger partial charge >= 0.3 is 5.97 Å². The number of amides is 1. The van der Waals surface area contributed by atoms with Crippen LogP contribution < -0.4 is 5.32 Å². The lowest BCUT2D eigenvalue weighted by molar-refractivity contribution is -0.143. The van der Waals surface area contributed by atoms with E-state index in [1.807, 2.05) is 6.08 Å². The summed E-state index contributed by atoms with van der Waals surface area (Å²) in [5, 5.41) is 23.1. The van der Waals surface area contributed by atoms with E-state index in [-0.39, 0.29) is 18.5 Å². The summed E-state index contributed by atoms with van der Waals surface area (Å²) < 4.78 is 5.49. The minimum atomic E-state index is -0.848. The Labute approximate surface area is 455 Å². The molecule has 0 aliphatic heterocycles. The van der Waals surface area contributed by atoms with Crippen LogP contribution in [-0.4, -0.2) is 47.4 Å². The number of unbranched alkanes of at least 4 members (excludes halogenated alkanes) is 43. The number of carbonyl (C=O) groups is 2. The summed E-state index contributed by atoms with van der Waals surface area (Å²) in [6, 6.07) is -0.632.